The number of nitrogens with zero attached hydrogens (tertiary/aromatic N) is 3. The van der Waals surface area contributed by atoms with Crippen LogP contribution in [0.25, 0.3) is 22.5 Å². The van der Waals surface area contributed by atoms with Gasteiger partial charge in [-0.25, -0.2) is 9.97 Å². The zero-order valence-corrected chi connectivity index (χ0v) is 18.5. The van der Waals surface area contributed by atoms with Crippen molar-refractivity contribution in [2.24, 2.45) is 7.05 Å². The van der Waals surface area contributed by atoms with Crippen molar-refractivity contribution in [3.8, 4) is 22.5 Å². The molecule has 0 saturated heterocycles. The normalized spacial score (nSPS) is 12.4. The molecule has 0 radical (unpaired) electrons. The molecule has 0 amide bonds. The first-order chi connectivity index (χ1) is 15.8. The van der Waals surface area contributed by atoms with Gasteiger partial charge in [0.25, 0.3) is 0 Å². The zero-order valence-electron chi connectivity index (χ0n) is 18.5. The third kappa shape index (κ3) is 4.69. The molecular formula is C25H24F3N5. The highest BCUT2D eigenvalue weighted by Crippen LogP contribution is 2.37. The molecule has 0 bridgehead atoms. The Balaban J connectivity index is 1.76. The number of pyridine rings is 1. The maximum atomic E-state index is 13.3. The van der Waals surface area contributed by atoms with E-state index in [2.05, 4.69) is 20.6 Å². The summed E-state index contributed by atoms with van der Waals surface area (Å²) >= 11 is 0. The van der Waals surface area contributed by atoms with Gasteiger partial charge in [-0.2, -0.15) is 13.2 Å². The Morgan fingerprint density at radius 1 is 0.939 bits per heavy atom. The van der Waals surface area contributed by atoms with Crippen LogP contribution in [0, 0.1) is 0 Å². The highest BCUT2D eigenvalue weighted by molar-refractivity contribution is 5.82. The van der Waals surface area contributed by atoms with Gasteiger partial charge in [0, 0.05) is 37.5 Å². The van der Waals surface area contributed by atoms with Crippen LogP contribution in [0.4, 0.5) is 24.9 Å². The van der Waals surface area contributed by atoms with E-state index in [-0.39, 0.29) is 6.04 Å². The quantitative estimate of drug-likeness (QED) is 0.357. The summed E-state index contributed by atoms with van der Waals surface area (Å²) in [6.07, 6.45) is -2.75. The molecule has 1 atom stereocenters. The molecule has 4 rings (SSSR count). The average molecular weight is 451 g/mol. The van der Waals surface area contributed by atoms with Gasteiger partial charge in [-0.3, -0.25) is 0 Å². The average Bonchev–Trinajstić information content (AvgIpc) is 3.15. The lowest BCUT2D eigenvalue weighted by Crippen LogP contribution is -2.08. The minimum absolute atomic E-state index is 0.0243. The van der Waals surface area contributed by atoms with E-state index in [0.29, 0.717) is 28.7 Å². The maximum Gasteiger partial charge on any atom is 0.416 e. The smallest absolute Gasteiger partial charge is 0.364 e. The number of halogens is 3. The molecule has 0 fully saturated rings. The van der Waals surface area contributed by atoms with Gasteiger partial charge < -0.3 is 15.2 Å². The van der Waals surface area contributed by atoms with Crippen LogP contribution in [-0.2, 0) is 13.2 Å². The fourth-order valence-corrected chi connectivity index (χ4v) is 3.80. The van der Waals surface area contributed by atoms with Crippen LogP contribution in [0.3, 0.4) is 0 Å². The second kappa shape index (κ2) is 8.97. The minimum atomic E-state index is -4.43. The van der Waals surface area contributed by atoms with Crippen molar-refractivity contribution >= 4 is 11.8 Å². The Hall–Kier alpha value is -3.81. The Bertz CT molecular complexity index is 1250. The summed E-state index contributed by atoms with van der Waals surface area (Å²) in [5.41, 5.74) is 2.74. The zero-order chi connectivity index (χ0) is 23.6. The van der Waals surface area contributed by atoms with Gasteiger partial charge in [-0.1, -0.05) is 42.5 Å². The lowest BCUT2D eigenvalue weighted by Gasteiger charge is -2.16. The molecule has 8 heteroatoms. The highest BCUT2D eigenvalue weighted by Gasteiger charge is 2.31. The van der Waals surface area contributed by atoms with Crippen molar-refractivity contribution in [3.63, 3.8) is 0 Å². The van der Waals surface area contributed by atoms with Crippen LogP contribution < -0.4 is 10.6 Å². The second-order valence-corrected chi connectivity index (χ2v) is 7.73. The molecule has 0 unspecified atom stereocenters. The van der Waals surface area contributed by atoms with Crippen LogP contribution >= 0.6 is 0 Å². The predicted molar refractivity (Wildman–Crippen MR) is 125 cm³/mol. The monoisotopic (exact) mass is 451 g/mol. The fourth-order valence-electron chi connectivity index (χ4n) is 3.80. The third-order valence-electron chi connectivity index (χ3n) is 5.48. The molecule has 33 heavy (non-hydrogen) atoms. The van der Waals surface area contributed by atoms with E-state index < -0.39 is 11.7 Å². The number of hydrogen-bond acceptors (Lipinski definition) is 4. The summed E-state index contributed by atoms with van der Waals surface area (Å²) < 4.78 is 41.8. The molecule has 0 aliphatic rings. The largest absolute Gasteiger partial charge is 0.416 e. The molecular weight excluding hydrogens is 427 g/mol. The molecule has 0 aliphatic carbocycles. The highest BCUT2D eigenvalue weighted by atomic mass is 19.4. The van der Waals surface area contributed by atoms with Crippen molar-refractivity contribution in [1.82, 2.24) is 14.5 Å². The van der Waals surface area contributed by atoms with Crippen molar-refractivity contribution in [1.29, 1.82) is 0 Å². The van der Waals surface area contributed by atoms with Crippen molar-refractivity contribution in [2.45, 2.75) is 19.1 Å². The number of benzene rings is 2. The summed E-state index contributed by atoms with van der Waals surface area (Å²) in [4.78, 5) is 9.01. The van der Waals surface area contributed by atoms with Gasteiger partial charge in [0.2, 0.25) is 5.95 Å². The molecule has 0 aliphatic heterocycles. The lowest BCUT2D eigenvalue weighted by atomic mass is 10.0. The van der Waals surface area contributed by atoms with Gasteiger partial charge in [0.15, 0.2) is 0 Å². The molecule has 2 N–H and O–H groups in total. The van der Waals surface area contributed by atoms with E-state index in [1.807, 2.05) is 61.0 Å². The van der Waals surface area contributed by atoms with Crippen LogP contribution in [0.5, 0.6) is 0 Å². The first kappa shape index (κ1) is 22.4. The molecule has 170 valence electrons. The summed E-state index contributed by atoms with van der Waals surface area (Å²) in [5, 5.41) is 6.40. The summed E-state index contributed by atoms with van der Waals surface area (Å²) in [5.74, 6) is 1.20. The van der Waals surface area contributed by atoms with E-state index in [1.54, 1.807) is 19.3 Å². The summed E-state index contributed by atoms with van der Waals surface area (Å²) in [7, 11) is 3.55. The topological polar surface area (TPSA) is 54.8 Å². The lowest BCUT2D eigenvalue weighted by molar-refractivity contribution is -0.137. The number of aromatic nitrogens is 3. The third-order valence-corrected chi connectivity index (χ3v) is 5.48. The first-order valence-corrected chi connectivity index (χ1v) is 10.5. The Labute approximate surface area is 190 Å². The van der Waals surface area contributed by atoms with Crippen molar-refractivity contribution in [3.05, 3.63) is 84.1 Å². The predicted octanol–water partition coefficient (Wildman–Crippen LogP) is 6.38. The Morgan fingerprint density at radius 3 is 2.39 bits per heavy atom. The number of alkyl halides is 3. The molecule has 0 saturated carbocycles. The number of hydrogen-bond donors (Lipinski definition) is 2. The number of anilines is 2. The minimum Gasteiger partial charge on any atom is -0.364 e. The number of rotatable bonds is 6. The molecule has 2 aromatic carbocycles. The van der Waals surface area contributed by atoms with Crippen LogP contribution in [-0.4, -0.2) is 21.6 Å². The number of imidazole rings is 1. The van der Waals surface area contributed by atoms with Crippen LogP contribution in [0.15, 0.2) is 72.9 Å². The fraction of sp³-hybridized carbons (Fsp3) is 0.200. The van der Waals surface area contributed by atoms with Crippen molar-refractivity contribution in [2.75, 3.05) is 17.7 Å². The van der Waals surface area contributed by atoms with Gasteiger partial charge >= 0.3 is 6.18 Å². The Morgan fingerprint density at radius 2 is 1.70 bits per heavy atom. The summed E-state index contributed by atoms with van der Waals surface area (Å²) in [6.45, 7) is 2.04. The first-order valence-electron chi connectivity index (χ1n) is 10.5. The molecule has 2 aromatic heterocycles. The SMILES string of the molecule is CNc1nc(-c2cccc(C(F)(F)F)c2)c(-c2ccnc(N[C@@H](C)c3ccccc3)c2)n1C. The van der Waals surface area contributed by atoms with E-state index in [0.717, 1.165) is 23.3 Å². The van der Waals surface area contributed by atoms with E-state index in [4.69, 9.17) is 0 Å². The van der Waals surface area contributed by atoms with Gasteiger partial charge in [-0.15, -0.1) is 0 Å². The van der Waals surface area contributed by atoms with Gasteiger partial charge in [0.05, 0.1) is 17.0 Å². The molecule has 2 heterocycles. The van der Waals surface area contributed by atoms with Crippen LogP contribution in [0.1, 0.15) is 24.1 Å². The number of nitrogens with one attached hydrogen (secondary N) is 2. The maximum absolute atomic E-state index is 13.3. The summed E-state index contributed by atoms with van der Waals surface area (Å²) in [6, 6.07) is 19.0. The van der Waals surface area contributed by atoms with Crippen molar-refractivity contribution < 1.29 is 13.2 Å². The van der Waals surface area contributed by atoms with Gasteiger partial charge in [-0.05, 0) is 36.8 Å². The van der Waals surface area contributed by atoms with Gasteiger partial charge in [0.1, 0.15) is 5.82 Å². The molecule has 0 spiro atoms. The Kier molecular flexibility index (Phi) is 6.09. The second-order valence-electron chi connectivity index (χ2n) is 7.73. The van der Waals surface area contributed by atoms with E-state index >= 15 is 0 Å². The van der Waals surface area contributed by atoms with E-state index in [1.165, 1.54) is 6.07 Å². The standard InChI is InChI=1S/C25H24F3N5/c1-16(17-8-5-4-6-9-17)31-21-15-19(12-13-30-21)23-22(32-24(29-2)33(23)3)18-10-7-11-20(14-18)25(26,27)28/h4-16H,1-3H3,(H,29,32)(H,30,31)/t16-/m0/s1. The van der Waals surface area contributed by atoms with E-state index in [9.17, 15) is 13.2 Å². The molecule has 5 nitrogen and oxygen atoms in total. The van der Waals surface area contributed by atoms with Crippen LogP contribution in [0.2, 0.25) is 0 Å². The molecule has 4 aromatic rings.